The molecule has 0 unspecified atom stereocenters. The van der Waals surface area contributed by atoms with E-state index in [2.05, 4.69) is 45.7 Å². The summed E-state index contributed by atoms with van der Waals surface area (Å²) in [5.41, 5.74) is 2.17. The lowest BCUT2D eigenvalue weighted by Gasteiger charge is -2.14. The number of aromatic nitrogens is 2. The summed E-state index contributed by atoms with van der Waals surface area (Å²) in [5.74, 6) is 2.92. The van der Waals surface area contributed by atoms with Gasteiger partial charge in [0.25, 0.3) is 0 Å². The number of hydrogen-bond donors (Lipinski definition) is 2. The number of guanidine groups is 1. The van der Waals surface area contributed by atoms with Crippen molar-refractivity contribution in [2.75, 3.05) is 26.0 Å². The van der Waals surface area contributed by atoms with Gasteiger partial charge in [-0.25, -0.2) is 4.98 Å². The zero-order valence-electron chi connectivity index (χ0n) is 16.8. The molecule has 0 aromatic carbocycles. The van der Waals surface area contributed by atoms with E-state index < -0.39 is 0 Å². The van der Waals surface area contributed by atoms with Gasteiger partial charge in [-0.05, 0) is 30.5 Å². The van der Waals surface area contributed by atoms with E-state index in [0.29, 0.717) is 25.0 Å². The van der Waals surface area contributed by atoms with Crippen LogP contribution in [0.3, 0.4) is 0 Å². The second-order valence-corrected chi connectivity index (χ2v) is 6.43. The van der Waals surface area contributed by atoms with Crippen LogP contribution in [0.4, 0.5) is 5.82 Å². The van der Waals surface area contributed by atoms with Crippen molar-refractivity contribution in [3.63, 3.8) is 0 Å². The molecule has 2 rings (SSSR count). The Labute approximate surface area is 179 Å². The molecule has 7 nitrogen and oxygen atoms in total. The van der Waals surface area contributed by atoms with Crippen LogP contribution in [0.25, 0.3) is 0 Å². The molecule has 0 saturated carbocycles. The number of nitrogens with one attached hydrogen (secondary N) is 2. The third-order valence-corrected chi connectivity index (χ3v) is 4.36. The summed E-state index contributed by atoms with van der Waals surface area (Å²) < 4.78 is 5.44. The summed E-state index contributed by atoms with van der Waals surface area (Å²) in [6.07, 6.45) is 3.95. The second-order valence-electron chi connectivity index (χ2n) is 6.43. The van der Waals surface area contributed by atoms with E-state index in [-0.39, 0.29) is 24.0 Å². The molecule has 0 aliphatic rings. The molecule has 0 saturated heterocycles. The Morgan fingerprint density at radius 2 is 1.89 bits per heavy atom. The third kappa shape index (κ3) is 7.00. The first-order chi connectivity index (χ1) is 12.6. The minimum atomic E-state index is 0. The molecule has 2 heterocycles. The highest BCUT2D eigenvalue weighted by molar-refractivity contribution is 14.0. The number of halogens is 1. The van der Waals surface area contributed by atoms with Gasteiger partial charge in [0.2, 0.25) is 0 Å². The standard InChI is InChI=1S/C19H30N6O.HI/c1-6-15(7-2)17-11-16(26-24-17)13-23-19(20-3)22-12-14-8-9-21-18(10-14)25(4)5;/h8-11,15H,6-7,12-13H2,1-5H3,(H2,20,22,23);1H. The van der Waals surface area contributed by atoms with Crippen molar-refractivity contribution in [3.05, 3.63) is 41.4 Å². The van der Waals surface area contributed by atoms with E-state index in [9.17, 15) is 0 Å². The van der Waals surface area contributed by atoms with Crippen LogP contribution in [0.2, 0.25) is 0 Å². The fourth-order valence-electron chi connectivity index (χ4n) is 2.70. The summed E-state index contributed by atoms with van der Waals surface area (Å²) in [6.45, 7) is 5.56. The predicted octanol–water partition coefficient (Wildman–Crippen LogP) is 3.52. The monoisotopic (exact) mass is 486 g/mol. The molecule has 0 radical (unpaired) electrons. The summed E-state index contributed by atoms with van der Waals surface area (Å²) in [4.78, 5) is 10.6. The van der Waals surface area contributed by atoms with Crippen LogP contribution in [0.15, 0.2) is 33.9 Å². The number of anilines is 1. The highest BCUT2D eigenvalue weighted by Crippen LogP contribution is 2.22. The van der Waals surface area contributed by atoms with Gasteiger partial charge in [0.1, 0.15) is 5.82 Å². The molecule has 0 aliphatic carbocycles. The van der Waals surface area contributed by atoms with Gasteiger partial charge in [-0.2, -0.15) is 0 Å². The van der Waals surface area contributed by atoms with Crippen molar-refractivity contribution >= 4 is 35.8 Å². The van der Waals surface area contributed by atoms with Crippen molar-refractivity contribution in [2.45, 2.75) is 45.7 Å². The van der Waals surface area contributed by atoms with Gasteiger partial charge in [0.05, 0.1) is 12.2 Å². The van der Waals surface area contributed by atoms with Gasteiger partial charge in [0.15, 0.2) is 11.7 Å². The first-order valence-corrected chi connectivity index (χ1v) is 9.09. The molecule has 150 valence electrons. The fraction of sp³-hybridized carbons (Fsp3) is 0.526. The molecule has 0 fully saturated rings. The van der Waals surface area contributed by atoms with Crippen LogP contribution in [-0.2, 0) is 13.1 Å². The van der Waals surface area contributed by atoms with Gasteiger partial charge in [0, 0.05) is 45.9 Å². The first kappa shape index (κ1) is 23.2. The Hall–Kier alpha value is -1.84. The zero-order valence-corrected chi connectivity index (χ0v) is 19.2. The molecule has 8 heteroatoms. The van der Waals surface area contributed by atoms with Gasteiger partial charge in [-0.15, -0.1) is 24.0 Å². The molecule has 0 bridgehead atoms. The van der Waals surface area contributed by atoms with E-state index in [1.54, 1.807) is 7.05 Å². The molecular weight excluding hydrogens is 455 g/mol. The third-order valence-electron chi connectivity index (χ3n) is 4.36. The van der Waals surface area contributed by atoms with Crippen molar-refractivity contribution in [1.29, 1.82) is 0 Å². The molecule has 0 spiro atoms. The van der Waals surface area contributed by atoms with Crippen LogP contribution in [0.5, 0.6) is 0 Å². The number of hydrogen-bond acceptors (Lipinski definition) is 5. The Bertz CT molecular complexity index is 712. The maximum absolute atomic E-state index is 5.44. The molecule has 2 aromatic rings. The molecule has 0 aliphatic heterocycles. The van der Waals surface area contributed by atoms with E-state index >= 15 is 0 Å². The molecule has 2 aromatic heterocycles. The van der Waals surface area contributed by atoms with Crippen LogP contribution in [0, 0.1) is 0 Å². The molecule has 0 atom stereocenters. The highest BCUT2D eigenvalue weighted by atomic mass is 127. The SMILES string of the molecule is CCC(CC)c1cc(CNC(=NC)NCc2ccnc(N(C)C)c2)on1.I. The summed E-state index contributed by atoms with van der Waals surface area (Å²) >= 11 is 0. The minimum Gasteiger partial charge on any atom is -0.363 e. The Kier molecular flexibility index (Phi) is 10.1. The number of pyridine rings is 1. The smallest absolute Gasteiger partial charge is 0.191 e. The average Bonchev–Trinajstić information content (AvgIpc) is 3.12. The fourth-order valence-corrected chi connectivity index (χ4v) is 2.70. The van der Waals surface area contributed by atoms with Crippen LogP contribution in [-0.4, -0.2) is 37.2 Å². The normalized spacial score (nSPS) is 11.3. The lowest BCUT2D eigenvalue weighted by atomic mass is 9.99. The Balaban J connectivity index is 0.00000364. The Morgan fingerprint density at radius 1 is 1.19 bits per heavy atom. The quantitative estimate of drug-likeness (QED) is 0.338. The van der Waals surface area contributed by atoms with Gasteiger partial charge in [-0.3, -0.25) is 4.99 Å². The molecule has 2 N–H and O–H groups in total. The minimum absolute atomic E-state index is 0. The molecule has 27 heavy (non-hydrogen) atoms. The largest absolute Gasteiger partial charge is 0.363 e. The first-order valence-electron chi connectivity index (χ1n) is 9.09. The van der Waals surface area contributed by atoms with Crippen molar-refractivity contribution in [2.24, 2.45) is 4.99 Å². The van der Waals surface area contributed by atoms with E-state index in [0.717, 1.165) is 35.7 Å². The summed E-state index contributed by atoms with van der Waals surface area (Å²) in [7, 11) is 5.71. The predicted molar refractivity (Wildman–Crippen MR) is 121 cm³/mol. The van der Waals surface area contributed by atoms with Crippen molar-refractivity contribution < 1.29 is 4.52 Å². The van der Waals surface area contributed by atoms with Crippen LogP contribution >= 0.6 is 24.0 Å². The van der Waals surface area contributed by atoms with E-state index in [1.807, 2.05) is 37.3 Å². The lowest BCUT2D eigenvalue weighted by molar-refractivity contribution is 0.368. The highest BCUT2D eigenvalue weighted by Gasteiger charge is 2.13. The van der Waals surface area contributed by atoms with Gasteiger partial charge in [-0.1, -0.05) is 19.0 Å². The number of nitrogens with zero attached hydrogens (tertiary/aromatic N) is 4. The van der Waals surface area contributed by atoms with Crippen molar-refractivity contribution in [3.8, 4) is 0 Å². The number of aliphatic imine (C=N–C) groups is 1. The van der Waals surface area contributed by atoms with Gasteiger partial charge >= 0.3 is 0 Å². The molecular formula is C19H31IN6O. The lowest BCUT2D eigenvalue weighted by Crippen LogP contribution is -2.36. The van der Waals surface area contributed by atoms with Crippen LogP contribution < -0.4 is 15.5 Å². The molecule has 0 amide bonds. The van der Waals surface area contributed by atoms with Crippen LogP contribution in [0.1, 0.15) is 49.6 Å². The zero-order chi connectivity index (χ0) is 18.9. The topological polar surface area (TPSA) is 78.6 Å². The average molecular weight is 486 g/mol. The maximum atomic E-state index is 5.44. The number of rotatable bonds is 8. The van der Waals surface area contributed by atoms with Gasteiger partial charge < -0.3 is 20.1 Å². The Morgan fingerprint density at radius 3 is 2.52 bits per heavy atom. The van der Waals surface area contributed by atoms with Crippen molar-refractivity contribution in [1.82, 2.24) is 20.8 Å². The second kappa shape index (κ2) is 11.8. The van der Waals surface area contributed by atoms with E-state index in [1.165, 1.54) is 0 Å². The summed E-state index contributed by atoms with van der Waals surface area (Å²) in [5, 5.41) is 10.8. The summed E-state index contributed by atoms with van der Waals surface area (Å²) in [6, 6.07) is 6.08. The maximum Gasteiger partial charge on any atom is 0.191 e. The van der Waals surface area contributed by atoms with E-state index in [4.69, 9.17) is 4.52 Å².